The first-order chi connectivity index (χ1) is 10.1. The number of anilines is 1. The van der Waals surface area contributed by atoms with Crippen molar-refractivity contribution in [1.82, 2.24) is 4.90 Å². The van der Waals surface area contributed by atoms with Gasteiger partial charge in [0.1, 0.15) is 5.75 Å². The van der Waals surface area contributed by atoms with Gasteiger partial charge in [-0.3, -0.25) is 4.90 Å². The van der Waals surface area contributed by atoms with Crippen LogP contribution in [0.3, 0.4) is 0 Å². The van der Waals surface area contributed by atoms with Crippen molar-refractivity contribution in [2.24, 2.45) is 11.1 Å². The summed E-state index contributed by atoms with van der Waals surface area (Å²) in [6.07, 6.45) is 1.14. The molecule has 1 aliphatic rings. The van der Waals surface area contributed by atoms with Crippen molar-refractivity contribution in [2.45, 2.75) is 20.3 Å². The molecule has 1 atom stereocenters. The van der Waals surface area contributed by atoms with E-state index in [0.717, 1.165) is 51.4 Å². The monoisotopic (exact) mass is 291 g/mol. The first-order valence-electron chi connectivity index (χ1n) is 7.92. The third-order valence-corrected chi connectivity index (χ3v) is 4.75. The Labute approximate surface area is 128 Å². The Morgan fingerprint density at radius 3 is 2.43 bits per heavy atom. The fourth-order valence-corrected chi connectivity index (χ4v) is 2.90. The lowest BCUT2D eigenvalue weighted by Crippen LogP contribution is -2.50. The molecule has 0 bridgehead atoms. The maximum atomic E-state index is 5.94. The topological polar surface area (TPSA) is 41.7 Å². The number of ether oxygens (including phenoxy) is 1. The van der Waals surface area contributed by atoms with Crippen molar-refractivity contribution in [3.63, 3.8) is 0 Å². The molecular weight excluding hydrogens is 262 g/mol. The van der Waals surface area contributed by atoms with E-state index in [1.807, 2.05) is 12.1 Å². The smallest absolute Gasteiger partial charge is 0.142 e. The Balaban J connectivity index is 1.94. The quantitative estimate of drug-likeness (QED) is 0.872. The van der Waals surface area contributed by atoms with E-state index in [1.54, 1.807) is 7.11 Å². The molecule has 2 N–H and O–H groups in total. The van der Waals surface area contributed by atoms with Crippen LogP contribution < -0.4 is 15.4 Å². The molecule has 4 heteroatoms. The summed E-state index contributed by atoms with van der Waals surface area (Å²) in [6.45, 7) is 10.7. The molecule has 1 aromatic rings. The molecule has 0 aliphatic carbocycles. The van der Waals surface area contributed by atoms with Gasteiger partial charge in [-0.15, -0.1) is 0 Å². The largest absolute Gasteiger partial charge is 0.495 e. The second-order valence-corrected chi connectivity index (χ2v) is 6.30. The lowest BCUT2D eigenvalue weighted by molar-refractivity contribution is 0.157. The Bertz CT molecular complexity index is 437. The summed E-state index contributed by atoms with van der Waals surface area (Å²) in [5, 5.41) is 0. The molecule has 118 valence electrons. The van der Waals surface area contributed by atoms with Crippen LogP contribution in [0.15, 0.2) is 24.3 Å². The van der Waals surface area contributed by atoms with E-state index in [0.29, 0.717) is 0 Å². The molecule has 0 radical (unpaired) electrons. The van der Waals surface area contributed by atoms with Crippen LogP contribution in [-0.4, -0.2) is 51.3 Å². The Morgan fingerprint density at radius 2 is 1.86 bits per heavy atom. The normalized spacial score (nSPS) is 19.3. The third-order valence-electron chi connectivity index (χ3n) is 4.75. The molecule has 0 saturated carbocycles. The van der Waals surface area contributed by atoms with E-state index in [9.17, 15) is 0 Å². The number of hydrogen-bond acceptors (Lipinski definition) is 4. The first kappa shape index (κ1) is 16.1. The van der Waals surface area contributed by atoms with Gasteiger partial charge < -0.3 is 15.4 Å². The molecule has 1 saturated heterocycles. The van der Waals surface area contributed by atoms with E-state index in [4.69, 9.17) is 10.5 Å². The van der Waals surface area contributed by atoms with Crippen LogP contribution in [0.5, 0.6) is 5.75 Å². The molecule has 0 aromatic heterocycles. The number of methoxy groups -OCH3 is 1. The van der Waals surface area contributed by atoms with E-state index in [2.05, 4.69) is 35.8 Å². The number of piperazine rings is 1. The average molecular weight is 291 g/mol. The highest BCUT2D eigenvalue weighted by Gasteiger charge is 2.26. The lowest BCUT2D eigenvalue weighted by atomic mass is 9.87. The van der Waals surface area contributed by atoms with Crippen LogP contribution in [-0.2, 0) is 0 Å². The van der Waals surface area contributed by atoms with Crippen LogP contribution in [0.25, 0.3) is 0 Å². The van der Waals surface area contributed by atoms with E-state index >= 15 is 0 Å². The Hall–Kier alpha value is -1.26. The van der Waals surface area contributed by atoms with Gasteiger partial charge in [0.2, 0.25) is 0 Å². The van der Waals surface area contributed by atoms with Crippen molar-refractivity contribution in [2.75, 3.05) is 51.3 Å². The minimum absolute atomic E-state index is 0.243. The molecule has 21 heavy (non-hydrogen) atoms. The number of para-hydroxylation sites is 2. The SMILES string of the molecule is CCC(C)(CN)CN1CCN(c2ccccc2OC)CC1. The summed E-state index contributed by atoms with van der Waals surface area (Å²) < 4.78 is 5.47. The zero-order chi connectivity index (χ0) is 15.3. The molecule has 1 heterocycles. The molecule has 0 spiro atoms. The highest BCUT2D eigenvalue weighted by Crippen LogP contribution is 2.29. The summed E-state index contributed by atoms with van der Waals surface area (Å²) in [5.74, 6) is 0.964. The second kappa shape index (κ2) is 7.14. The third kappa shape index (κ3) is 3.89. The summed E-state index contributed by atoms with van der Waals surface area (Å²) in [7, 11) is 1.74. The molecule has 4 nitrogen and oxygen atoms in total. The zero-order valence-electron chi connectivity index (χ0n) is 13.6. The zero-order valence-corrected chi connectivity index (χ0v) is 13.6. The van der Waals surface area contributed by atoms with Crippen molar-refractivity contribution in [3.8, 4) is 5.75 Å². The van der Waals surface area contributed by atoms with Crippen molar-refractivity contribution >= 4 is 5.69 Å². The minimum atomic E-state index is 0.243. The van der Waals surface area contributed by atoms with Gasteiger partial charge in [-0.25, -0.2) is 0 Å². The fourth-order valence-electron chi connectivity index (χ4n) is 2.90. The molecule has 1 aliphatic heterocycles. The van der Waals surface area contributed by atoms with Crippen LogP contribution >= 0.6 is 0 Å². The van der Waals surface area contributed by atoms with Crippen molar-refractivity contribution in [3.05, 3.63) is 24.3 Å². The number of hydrogen-bond donors (Lipinski definition) is 1. The molecule has 1 fully saturated rings. The van der Waals surface area contributed by atoms with Crippen LogP contribution in [0, 0.1) is 5.41 Å². The number of rotatable bonds is 6. The average Bonchev–Trinajstić information content (AvgIpc) is 2.55. The van der Waals surface area contributed by atoms with Crippen LogP contribution in [0.2, 0.25) is 0 Å². The number of nitrogens with two attached hydrogens (primary N) is 1. The molecule has 1 unspecified atom stereocenters. The van der Waals surface area contributed by atoms with Gasteiger partial charge in [0, 0.05) is 32.7 Å². The Morgan fingerprint density at radius 1 is 1.19 bits per heavy atom. The summed E-state index contributed by atoms with van der Waals surface area (Å²) >= 11 is 0. The number of nitrogens with zero attached hydrogens (tertiary/aromatic N) is 2. The molecule has 1 aromatic carbocycles. The van der Waals surface area contributed by atoms with Gasteiger partial charge in [0.15, 0.2) is 0 Å². The van der Waals surface area contributed by atoms with Gasteiger partial charge in [0.05, 0.1) is 12.8 Å². The lowest BCUT2D eigenvalue weighted by Gasteiger charge is -2.40. The molecule has 2 rings (SSSR count). The molecule has 0 amide bonds. The summed E-state index contributed by atoms with van der Waals surface area (Å²) in [4.78, 5) is 4.96. The fraction of sp³-hybridized carbons (Fsp3) is 0.647. The first-order valence-corrected chi connectivity index (χ1v) is 7.92. The van der Waals surface area contributed by atoms with Gasteiger partial charge in [0.25, 0.3) is 0 Å². The van der Waals surface area contributed by atoms with E-state index in [1.165, 1.54) is 5.69 Å². The predicted molar refractivity (Wildman–Crippen MR) is 89.1 cm³/mol. The van der Waals surface area contributed by atoms with E-state index in [-0.39, 0.29) is 5.41 Å². The van der Waals surface area contributed by atoms with Gasteiger partial charge in [-0.05, 0) is 30.5 Å². The maximum absolute atomic E-state index is 5.94. The summed E-state index contributed by atoms with van der Waals surface area (Å²) in [5.41, 5.74) is 7.39. The number of benzene rings is 1. The predicted octanol–water partition coefficient (Wildman–Crippen LogP) is 2.19. The Kier molecular flexibility index (Phi) is 5.48. The van der Waals surface area contributed by atoms with Gasteiger partial charge >= 0.3 is 0 Å². The van der Waals surface area contributed by atoms with Crippen LogP contribution in [0.4, 0.5) is 5.69 Å². The standard InChI is InChI=1S/C17H29N3O/c1-4-17(2,13-18)14-19-9-11-20(12-10-19)15-7-5-6-8-16(15)21-3/h5-8H,4,9-14,18H2,1-3H3. The van der Waals surface area contributed by atoms with Gasteiger partial charge in [-0.1, -0.05) is 26.0 Å². The van der Waals surface area contributed by atoms with Gasteiger partial charge in [-0.2, -0.15) is 0 Å². The van der Waals surface area contributed by atoms with Crippen molar-refractivity contribution in [1.29, 1.82) is 0 Å². The highest BCUT2D eigenvalue weighted by atomic mass is 16.5. The maximum Gasteiger partial charge on any atom is 0.142 e. The molecular formula is C17H29N3O. The highest BCUT2D eigenvalue weighted by molar-refractivity contribution is 5.58. The summed E-state index contributed by atoms with van der Waals surface area (Å²) in [6, 6.07) is 8.27. The van der Waals surface area contributed by atoms with Crippen molar-refractivity contribution < 1.29 is 4.74 Å². The van der Waals surface area contributed by atoms with Crippen LogP contribution in [0.1, 0.15) is 20.3 Å². The minimum Gasteiger partial charge on any atom is -0.495 e. The van der Waals surface area contributed by atoms with E-state index < -0.39 is 0 Å². The second-order valence-electron chi connectivity index (χ2n) is 6.30.